The van der Waals surface area contributed by atoms with Crippen LogP contribution in [0, 0.1) is 13.8 Å². The molecule has 0 atom stereocenters. The van der Waals surface area contributed by atoms with E-state index in [0.717, 1.165) is 62.8 Å². The van der Waals surface area contributed by atoms with E-state index in [-0.39, 0.29) is 0 Å². The van der Waals surface area contributed by atoms with Crippen molar-refractivity contribution in [2.45, 2.75) is 45.4 Å². The van der Waals surface area contributed by atoms with Crippen LogP contribution in [0.5, 0.6) is 0 Å². The van der Waals surface area contributed by atoms with Crippen LogP contribution in [-0.4, -0.2) is 54.9 Å². The van der Waals surface area contributed by atoms with Gasteiger partial charge in [-0.3, -0.25) is 0 Å². The fourth-order valence-corrected chi connectivity index (χ4v) is 3.50. The van der Waals surface area contributed by atoms with E-state index in [2.05, 4.69) is 32.0 Å². The van der Waals surface area contributed by atoms with E-state index in [0.29, 0.717) is 19.1 Å². The van der Waals surface area contributed by atoms with Crippen molar-refractivity contribution in [2.24, 2.45) is 0 Å². The molecule has 0 saturated carbocycles. The molecule has 0 bridgehead atoms. The molecule has 0 radical (unpaired) electrons. The van der Waals surface area contributed by atoms with Gasteiger partial charge in [0.2, 0.25) is 0 Å². The quantitative estimate of drug-likeness (QED) is 0.631. The van der Waals surface area contributed by atoms with Gasteiger partial charge in [-0.05, 0) is 56.4 Å². The van der Waals surface area contributed by atoms with Gasteiger partial charge in [-0.15, -0.1) is 0 Å². The molecule has 1 aromatic carbocycles. The van der Waals surface area contributed by atoms with Gasteiger partial charge in [0.25, 0.3) is 0 Å². The predicted octanol–water partition coefficient (Wildman–Crippen LogP) is 3.37. The van der Waals surface area contributed by atoms with Crippen molar-refractivity contribution in [3.05, 3.63) is 41.0 Å². The highest BCUT2D eigenvalue weighted by molar-refractivity contribution is 5.39. The van der Waals surface area contributed by atoms with Gasteiger partial charge >= 0.3 is 0 Å². The second kappa shape index (κ2) is 9.97. The summed E-state index contributed by atoms with van der Waals surface area (Å²) in [6.45, 7) is 7.89. The van der Waals surface area contributed by atoms with Crippen molar-refractivity contribution in [2.75, 3.05) is 40.1 Å². The van der Waals surface area contributed by atoms with Crippen LogP contribution in [0.4, 0.5) is 0 Å². The minimum Gasteiger partial charge on any atom is -0.385 e. The number of rotatable bonds is 9. The van der Waals surface area contributed by atoms with E-state index >= 15 is 0 Å². The van der Waals surface area contributed by atoms with Crippen molar-refractivity contribution in [1.82, 2.24) is 14.8 Å². The van der Waals surface area contributed by atoms with Crippen molar-refractivity contribution in [1.29, 1.82) is 0 Å². The Morgan fingerprint density at radius 3 is 2.52 bits per heavy atom. The number of ether oxygens (including phenoxy) is 3. The molecule has 1 saturated heterocycles. The molecule has 6 heteroatoms. The van der Waals surface area contributed by atoms with Crippen molar-refractivity contribution in [3.63, 3.8) is 0 Å². The summed E-state index contributed by atoms with van der Waals surface area (Å²) in [7, 11) is 1.71. The molecule has 148 valence electrons. The number of benzene rings is 1. The summed E-state index contributed by atoms with van der Waals surface area (Å²) < 4.78 is 18.3. The Bertz CT molecular complexity index is 703. The monoisotopic (exact) mass is 373 g/mol. The van der Waals surface area contributed by atoms with Gasteiger partial charge in [0, 0.05) is 45.9 Å². The molecular formula is C21H31N3O3. The minimum absolute atomic E-state index is 0.382. The average molecular weight is 373 g/mol. The first-order valence-corrected chi connectivity index (χ1v) is 9.86. The normalized spacial score (nSPS) is 15.4. The van der Waals surface area contributed by atoms with E-state index in [9.17, 15) is 0 Å². The maximum absolute atomic E-state index is 5.75. The molecule has 3 rings (SSSR count). The molecule has 0 aliphatic carbocycles. The zero-order valence-corrected chi connectivity index (χ0v) is 16.7. The van der Waals surface area contributed by atoms with E-state index < -0.39 is 0 Å². The Kier molecular flexibility index (Phi) is 7.38. The third-order valence-corrected chi connectivity index (χ3v) is 4.84. The summed E-state index contributed by atoms with van der Waals surface area (Å²) in [6.07, 6.45) is 3.64. The second-order valence-corrected chi connectivity index (χ2v) is 7.24. The van der Waals surface area contributed by atoms with E-state index in [1.54, 1.807) is 7.11 Å². The minimum atomic E-state index is 0.382. The van der Waals surface area contributed by atoms with Crippen LogP contribution < -0.4 is 0 Å². The fourth-order valence-electron chi connectivity index (χ4n) is 3.50. The van der Waals surface area contributed by atoms with Crippen LogP contribution in [-0.2, 0) is 20.6 Å². The van der Waals surface area contributed by atoms with Gasteiger partial charge in [0.1, 0.15) is 5.82 Å². The van der Waals surface area contributed by atoms with Crippen LogP contribution in [0.1, 0.15) is 48.0 Å². The lowest BCUT2D eigenvalue weighted by Crippen LogP contribution is -2.15. The van der Waals surface area contributed by atoms with Crippen LogP contribution in [0.2, 0.25) is 0 Å². The number of hydrogen-bond acceptors (Lipinski definition) is 5. The highest BCUT2D eigenvalue weighted by Crippen LogP contribution is 2.26. The molecule has 0 spiro atoms. The van der Waals surface area contributed by atoms with Gasteiger partial charge in [-0.1, -0.05) is 6.07 Å². The molecule has 1 aliphatic heterocycles. The summed E-state index contributed by atoms with van der Waals surface area (Å²) in [5.74, 6) is 2.28. The number of hydrogen-bond donors (Lipinski definition) is 0. The third-order valence-electron chi connectivity index (χ3n) is 4.84. The van der Waals surface area contributed by atoms with Crippen molar-refractivity contribution >= 4 is 0 Å². The number of aromatic nitrogens is 3. The van der Waals surface area contributed by atoms with E-state index in [1.807, 2.05) is 4.68 Å². The highest BCUT2D eigenvalue weighted by atomic mass is 16.5. The lowest BCUT2D eigenvalue weighted by Gasteiger charge is -2.18. The van der Waals surface area contributed by atoms with Crippen LogP contribution in [0.25, 0.3) is 5.69 Å². The molecule has 6 nitrogen and oxygen atoms in total. The number of nitrogens with zero attached hydrogens (tertiary/aromatic N) is 3. The van der Waals surface area contributed by atoms with Crippen LogP contribution in [0.15, 0.2) is 18.2 Å². The fraction of sp³-hybridized carbons (Fsp3) is 0.619. The van der Waals surface area contributed by atoms with Crippen molar-refractivity contribution in [3.8, 4) is 5.69 Å². The summed E-state index contributed by atoms with van der Waals surface area (Å²) in [6, 6.07) is 6.51. The Labute approximate surface area is 161 Å². The third kappa shape index (κ3) is 5.61. The largest absolute Gasteiger partial charge is 0.385 e. The molecule has 1 aromatic heterocycles. The van der Waals surface area contributed by atoms with E-state index in [4.69, 9.17) is 24.3 Å². The first-order chi connectivity index (χ1) is 13.2. The molecule has 0 unspecified atom stereocenters. The summed E-state index contributed by atoms with van der Waals surface area (Å²) in [5, 5.41) is 4.89. The summed E-state index contributed by atoms with van der Waals surface area (Å²) >= 11 is 0. The zero-order chi connectivity index (χ0) is 19.1. The molecule has 2 aromatic rings. The Hall–Kier alpha value is -1.76. The van der Waals surface area contributed by atoms with Crippen LogP contribution in [0.3, 0.4) is 0 Å². The molecule has 0 amide bonds. The highest BCUT2D eigenvalue weighted by Gasteiger charge is 2.22. The Morgan fingerprint density at radius 2 is 1.81 bits per heavy atom. The Morgan fingerprint density at radius 1 is 1.07 bits per heavy atom. The molecule has 0 N–H and O–H groups in total. The SMILES string of the molecule is COCCCOCCc1nc(C2CCOCC2)nn1-c1cc(C)cc(C)c1. The molecule has 2 heterocycles. The molecular weight excluding hydrogens is 342 g/mol. The van der Waals surface area contributed by atoms with Gasteiger partial charge in [-0.2, -0.15) is 5.10 Å². The number of aryl methyl sites for hydroxylation is 2. The van der Waals surface area contributed by atoms with Gasteiger partial charge in [-0.25, -0.2) is 9.67 Å². The first kappa shape index (κ1) is 20.0. The maximum atomic E-state index is 5.75. The zero-order valence-electron chi connectivity index (χ0n) is 16.7. The molecule has 27 heavy (non-hydrogen) atoms. The van der Waals surface area contributed by atoms with Gasteiger partial charge in [0.15, 0.2) is 5.82 Å². The smallest absolute Gasteiger partial charge is 0.154 e. The molecule has 1 aliphatic rings. The predicted molar refractivity (Wildman–Crippen MR) is 105 cm³/mol. The first-order valence-electron chi connectivity index (χ1n) is 9.86. The maximum Gasteiger partial charge on any atom is 0.154 e. The second-order valence-electron chi connectivity index (χ2n) is 7.24. The summed E-state index contributed by atoms with van der Waals surface area (Å²) in [4.78, 5) is 4.90. The van der Waals surface area contributed by atoms with Crippen molar-refractivity contribution < 1.29 is 14.2 Å². The molecule has 1 fully saturated rings. The van der Waals surface area contributed by atoms with Gasteiger partial charge in [0.05, 0.1) is 12.3 Å². The lowest BCUT2D eigenvalue weighted by molar-refractivity contribution is 0.0835. The number of methoxy groups -OCH3 is 1. The summed E-state index contributed by atoms with van der Waals surface area (Å²) in [5.41, 5.74) is 3.54. The lowest BCUT2D eigenvalue weighted by atomic mass is 10.00. The van der Waals surface area contributed by atoms with Crippen LogP contribution >= 0.6 is 0 Å². The Balaban J connectivity index is 1.77. The van der Waals surface area contributed by atoms with Gasteiger partial charge < -0.3 is 14.2 Å². The average Bonchev–Trinajstić information content (AvgIpc) is 3.09. The standard InChI is InChI=1S/C21H31N3O3/c1-16-13-17(2)15-19(14-16)24-20(7-12-26-9-4-8-25-3)22-21(23-24)18-5-10-27-11-6-18/h13-15,18H,4-12H2,1-3H3. The topological polar surface area (TPSA) is 58.4 Å². The van der Waals surface area contributed by atoms with E-state index in [1.165, 1.54) is 11.1 Å².